The summed E-state index contributed by atoms with van der Waals surface area (Å²) >= 11 is 6.51. The molecule has 2 aliphatic heterocycles. The highest BCUT2D eigenvalue weighted by Gasteiger charge is 2.27. The SMILES string of the molecule is N=Cc1c(CN2CCNC2=S)sc2c1c(=O)n(CC(F)F)c(=O)n2CC1CCCO1. The van der Waals surface area contributed by atoms with E-state index in [0.29, 0.717) is 51.2 Å². The molecule has 0 aliphatic carbocycles. The van der Waals surface area contributed by atoms with Gasteiger partial charge < -0.3 is 20.4 Å². The topological polar surface area (TPSA) is 92.4 Å². The van der Waals surface area contributed by atoms with Gasteiger partial charge in [0.25, 0.3) is 12.0 Å². The van der Waals surface area contributed by atoms with Crippen LogP contribution in [-0.4, -0.2) is 57.6 Å². The first-order chi connectivity index (χ1) is 14.4. The number of thiocarbonyl (C=S) groups is 1. The van der Waals surface area contributed by atoms with E-state index in [4.69, 9.17) is 22.4 Å². The Morgan fingerprint density at radius 3 is 2.77 bits per heavy atom. The van der Waals surface area contributed by atoms with Gasteiger partial charge in [-0.25, -0.2) is 13.6 Å². The number of hydrogen-bond acceptors (Lipinski definition) is 6. The Morgan fingerprint density at radius 1 is 1.37 bits per heavy atom. The fourth-order valence-corrected chi connectivity index (χ4v) is 5.43. The molecule has 0 saturated carbocycles. The molecule has 2 N–H and O–H groups in total. The second-order valence-electron chi connectivity index (χ2n) is 7.25. The first kappa shape index (κ1) is 21.1. The quantitative estimate of drug-likeness (QED) is 0.482. The van der Waals surface area contributed by atoms with E-state index in [-0.39, 0.29) is 18.0 Å². The first-order valence-electron chi connectivity index (χ1n) is 9.62. The number of thiophene rings is 1. The van der Waals surface area contributed by atoms with Crippen molar-refractivity contribution in [2.45, 2.75) is 45.0 Å². The molecule has 2 aliphatic rings. The standard InChI is InChI=1S/C18H21F2N5O3S2/c19-13(20)9-24-15(26)14-11(6-21)12(8-23-4-3-22-17(23)29)30-16(14)25(18(24)27)7-10-2-1-5-28-10/h6,10,13,21H,1-5,7-9H2,(H,22,29). The number of ether oxygens (including phenoxy) is 1. The van der Waals surface area contributed by atoms with E-state index in [9.17, 15) is 18.4 Å². The molecule has 0 spiro atoms. The van der Waals surface area contributed by atoms with Gasteiger partial charge in [-0.15, -0.1) is 11.3 Å². The van der Waals surface area contributed by atoms with Crippen molar-refractivity contribution < 1.29 is 13.5 Å². The zero-order valence-corrected chi connectivity index (χ0v) is 17.7. The van der Waals surface area contributed by atoms with Crippen molar-refractivity contribution in [3.8, 4) is 0 Å². The first-order valence-corrected chi connectivity index (χ1v) is 10.8. The summed E-state index contributed by atoms with van der Waals surface area (Å²) < 4.78 is 33.8. The molecule has 0 amide bonds. The Labute approximate surface area is 179 Å². The number of fused-ring (bicyclic) bond motifs is 1. The van der Waals surface area contributed by atoms with Gasteiger partial charge in [0.2, 0.25) is 0 Å². The highest BCUT2D eigenvalue weighted by atomic mass is 32.1. The predicted molar refractivity (Wildman–Crippen MR) is 114 cm³/mol. The third kappa shape index (κ3) is 3.79. The minimum atomic E-state index is -2.85. The van der Waals surface area contributed by atoms with Crippen LogP contribution in [0.4, 0.5) is 8.78 Å². The molecule has 162 valence electrons. The van der Waals surface area contributed by atoms with Crippen LogP contribution in [0.1, 0.15) is 23.3 Å². The van der Waals surface area contributed by atoms with Gasteiger partial charge in [0.1, 0.15) is 4.83 Å². The zero-order valence-electron chi connectivity index (χ0n) is 16.0. The van der Waals surface area contributed by atoms with Crippen LogP contribution in [-0.2, 0) is 24.4 Å². The third-order valence-electron chi connectivity index (χ3n) is 5.32. The number of aromatic nitrogens is 2. The van der Waals surface area contributed by atoms with Gasteiger partial charge in [0, 0.05) is 36.4 Å². The summed E-state index contributed by atoms with van der Waals surface area (Å²) in [4.78, 5) is 29.0. The van der Waals surface area contributed by atoms with E-state index in [1.54, 1.807) is 0 Å². The lowest BCUT2D eigenvalue weighted by atomic mass is 10.2. The minimum absolute atomic E-state index is 0.126. The van der Waals surface area contributed by atoms with Gasteiger partial charge in [0.05, 0.1) is 31.1 Å². The van der Waals surface area contributed by atoms with Gasteiger partial charge in [-0.3, -0.25) is 13.9 Å². The third-order valence-corrected chi connectivity index (χ3v) is 6.94. The van der Waals surface area contributed by atoms with E-state index < -0.39 is 24.2 Å². The molecule has 0 aromatic carbocycles. The second kappa shape index (κ2) is 8.52. The Hall–Kier alpha value is -2.18. The van der Waals surface area contributed by atoms with Crippen LogP contribution in [0, 0.1) is 5.41 Å². The average molecular weight is 458 g/mol. The molecule has 4 rings (SSSR count). The summed E-state index contributed by atoms with van der Waals surface area (Å²) in [6.45, 7) is 1.54. The van der Waals surface area contributed by atoms with E-state index in [1.165, 1.54) is 15.9 Å². The van der Waals surface area contributed by atoms with Gasteiger partial charge in [-0.05, 0) is 25.1 Å². The number of nitrogens with zero attached hydrogens (tertiary/aromatic N) is 3. The molecule has 2 saturated heterocycles. The van der Waals surface area contributed by atoms with Crippen molar-refractivity contribution in [2.24, 2.45) is 0 Å². The molecule has 2 aromatic rings. The minimum Gasteiger partial charge on any atom is -0.376 e. The normalized spacial score (nSPS) is 19.2. The molecule has 0 bridgehead atoms. The maximum absolute atomic E-state index is 13.1. The Balaban J connectivity index is 1.90. The molecule has 2 fully saturated rings. The summed E-state index contributed by atoms with van der Waals surface area (Å²) in [5, 5.41) is 11.6. The lowest BCUT2D eigenvalue weighted by molar-refractivity contribution is 0.0952. The molecule has 0 radical (unpaired) electrons. The fraction of sp³-hybridized carbons (Fsp3) is 0.556. The van der Waals surface area contributed by atoms with Crippen LogP contribution in [0.3, 0.4) is 0 Å². The van der Waals surface area contributed by atoms with Crippen molar-refractivity contribution in [1.29, 1.82) is 5.41 Å². The van der Waals surface area contributed by atoms with Crippen molar-refractivity contribution in [3.05, 3.63) is 31.3 Å². The van der Waals surface area contributed by atoms with E-state index in [1.807, 2.05) is 4.90 Å². The van der Waals surface area contributed by atoms with Crippen LogP contribution in [0.25, 0.3) is 10.2 Å². The van der Waals surface area contributed by atoms with Gasteiger partial charge in [-0.1, -0.05) is 0 Å². The highest BCUT2D eigenvalue weighted by molar-refractivity contribution is 7.80. The smallest absolute Gasteiger partial charge is 0.332 e. The molecule has 12 heteroatoms. The average Bonchev–Trinajstić information content (AvgIpc) is 3.43. The summed E-state index contributed by atoms with van der Waals surface area (Å²) in [6, 6.07) is 0. The lowest BCUT2D eigenvalue weighted by Gasteiger charge is -2.15. The van der Waals surface area contributed by atoms with E-state index >= 15 is 0 Å². The van der Waals surface area contributed by atoms with Crippen molar-refractivity contribution in [3.63, 3.8) is 0 Å². The summed E-state index contributed by atoms with van der Waals surface area (Å²) in [6.07, 6.45) is -0.396. The molecule has 2 aromatic heterocycles. The van der Waals surface area contributed by atoms with Crippen LogP contribution in [0.2, 0.25) is 0 Å². The lowest BCUT2D eigenvalue weighted by Crippen LogP contribution is -2.42. The Morgan fingerprint density at radius 2 is 2.17 bits per heavy atom. The predicted octanol–water partition coefficient (Wildman–Crippen LogP) is 1.36. The molecular formula is C18H21F2N5O3S2. The molecule has 30 heavy (non-hydrogen) atoms. The maximum atomic E-state index is 13.1. The van der Waals surface area contributed by atoms with Crippen LogP contribution in [0.5, 0.6) is 0 Å². The van der Waals surface area contributed by atoms with Gasteiger partial charge >= 0.3 is 5.69 Å². The number of nitrogens with one attached hydrogen (secondary N) is 2. The molecule has 4 heterocycles. The molecule has 1 atom stereocenters. The summed E-state index contributed by atoms with van der Waals surface area (Å²) in [5.74, 6) is 0. The summed E-state index contributed by atoms with van der Waals surface area (Å²) in [7, 11) is 0. The van der Waals surface area contributed by atoms with Gasteiger partial charge in [-0.2, -0.15) is 0 Å². The highest BCUT2D eigenvalue weighted by Crippen LogP contribution is 2.30. The Kier molecular flexibility index (Phi) is 5.98. The molecule has 1 unspecified atom stereocenters. The number of rotatable bonds is 7. The van der Waals surface area contributed by atoms with Crippen molar-refractivity contribution in [1.82, 2.24) is 19.4 Å². The molecular weight excluding hydrogens is 436 g/mol. The fourth-order valence-electron chi connectivity index (χ4n) is 3.89. The van der Waals surface area contributed by atoms with Crippen LogP contribution < -0.4 is 16.6 Å². The number of alkyl halides is 2. The summed E-state index contributed by atoms with van der Waals surface area (Å²) in [5.41, 5.74) is -1.22. The van der Waals surface area contributed by atoms with Gasteiger partial charge in [0.15, 0.2) is 5.11 Å². The van der Waals surface area contributed by atoms with Crippen LogP contribution >= 0.6 is 23.6 Å². The van der Waals surface area contributed by atoms with Crippen molar-refractivity contribution >= 4 is 45.1 Å². The maximum Gasteiger partial charge on any atom is 0.332 e. The van der Waals surface area contributed by atoms with Crippen molar-refractivity contribution in [2.75, 3.05) is 19.7 Å². The molecule has 8 nitrogen and oxygen atoms in total. The monoisotopic (exact) mass is 457 g/mol. The second-order valence-corrected chi connectivity index (χ2v) is 8.72. The Bertz CT molecular complexity index is 1100. The number of hydrogen-bond donors (Lipinski definition) is 2. The largest absolute Gasteiger partial charge is 0.376 e. The van der Waals surface area contributed by atoms with E-state index in [2.05, 4.69) is 5.32 Å². The zero-order chi connectivity index (χ0) is 21.4. The van der Waals surface area contributed by atoms with E-state index in [0.717, 1.165) is 19.1 Å². The number of halogens is 2. The van der Waals surface area contributed by atoms with Crippen LogP contribution in [0.15, 0.2) is 9.59 Å².